The second-order valence-electron chi connectivity index (χ2n) is 3.58. The van der Waals surface area contributed by atoms with E-state index < -0.39 is 12.5 Å². The Morgan fingerprint density at radius 3 is 2.88 bits per heavy atom. The highest BCUT2D eigenvalue weighted by Gasteiger charge is 2.22. The predicted molar refractivity (Wildman–Crippen MR) is 63.3 cm³/mol. The SMILES string of the molecule is CCOC(O)C(F)c1cc2cc(F)ccc2s1. The van der Waals surface area contributed by atoms with Crippen LogP contribution in [0.25, 0.3) is 10.1 Å². The van der Waals surface area contributed by atoms with E-state index in [0.29, 0.717) is 10.3 Å². The summed E-state index contributed by atoms with van der Waals surface area (Å²) in [6.07, 6.45) is -3.08. The maximum atomic E-state index is 13.8. The molecule has 0 aliphatic heterocycles. The summed E-state index contributed by atoms with van der Waals surface area (Å²) < 4.78 is 32.3. The van der Waals surface area contributed by atoms with E-state index in [1.807, 2.05) is 0 Å². The first-order valence-corrected chi connectivity index (χ1v) is 6.06. The number of alkyl halides is 1. The van der Waals surface area contributed by atoms with Gasteiger partial charge in [0, 0.05) is 16.2 Å². The third-order valence-electron chi connectivity index (χ3n) is 2.36. The molecule has 1 heterocycles. The van der Waals surface area contributed by atoms with Gasteiger partial charge >= 0.3 is 0 Å². The van der Waals surface area contributed by atoms with Gasteiger partial charge in [0.1, 0.15) is 5.82 Å². The van der Waals surface area contributed by atoms with Crippen LogP contribution in [0, 0.1) is 5.82 Å². The highest BCUT2D eigenvalue weighted by Crippen LogP contribution is 2.34. The molecule has 0 radical (unpaired) electrons. The van der Waals surface area contributed by atoms with Gasteiger partial charge in [0.2, 0.25) is 0 Å². The average molecular weight is 258 g/mol. The van der Waals surface area contributed by atoms with Crippen LogP contribution in [0.5, 0.6) is 0 Å². The normalized spacial score (nSPS) is 15.1. The molecule has 0 fully saturated rings. The number of halogens is 2. The molecule has 2 aromatic rings. The molecule has 92 valence electrons. The smallest absolute Gasteiger partial charge is 0.191 e. The second kappa shape index (κ2) is 5.08. The van der Waals surface area contributed by atoms with Crippen molar-refractivity contribution in [3.8, 4) is 0 Å². The monoisotopic (exact) mass is 258 g/mol. The Morgan fingerprint density at radius 2 is 2.18 bits per heavy atom. The molecular weight excluding hydrogens is 246 g/mol. The van der Waals surface area contributed by atoms with Crippen LogP contribution in [-0.4, -0.2) is 18.0 Å². The zero-order valence-corrected chi connectivity index (χ0v) is 10.0. The van der Waals surface area contributed by atoms with Crippen LogP contribution in [-0.2, 0) is 4.74 Å². The van der Waals surface area contributed by atoms with Gasteiger partial charge in [-0.3, -0.25) is 0 Å². The molecule has 1 aromatic carbocycles. The number of thiophene rings is 1. The molecular formula is C12H12F2O2S. The van der Waals surface area contributed by atoms with Gasteiger partial charge < -0.3 is 9.84 Å². The van der Waals surface area contributed by atoms with Gasteiger partial charge in [-0.2, -0.15) is 0 Å². The molecule has 0 bridgehead atoms. The van der Waals surface area contributed by atoms with Crippen molar-refractivity contribution in [3.63, 3.8) is 0 Å². The lowest BCUT2D eigenvalue weighted by molar-refractivity contribution is -0.137. The number of ether oxygens (including phenoxy) is 1. The quantitative estimate of drug-likeness (QED) is 0.852. The van der Waals surface area contributed by atoms with Crippen LogP contribution >= 0.6 is 11.3 Å². The first-order chi connectivity index (χ1) is 8.11. The zero-order chi connectivity index (χ0) is 12.4. The van der Waals surface area contributed by atoms with Crippen LogP contribution < -0.4 is 0 Å². The minimum atomic E-state index is -1.60. The molecule has 2 atom stereocenters. The summed E-state index contributed by atoms with van der Waals surface area (Å²) in [6, 6.07) is 5.80. The average Bonchev–Trinajstić information content (AvgIpc) is 2.71. The van der Waals surface area contributed by atoms with E-state index >= 15 is 0 Å². The molecule has 0 aliphatic rings. The number of aliphatic hydroxyl groups excluding tert-OH is 1. The first kappa shape index (κ1) is 12.4. The van der Waals surface area contributed by atoms with Gasteiger partial charge in [-0.05, 0) is 36.6 Å². The highest BCUT2D eigenvalue weighted by atomic mass is 32.1. The fourth-order valence-corrected chi connectivity index (χ4v) is 2.61. The van der Waals surface area contributed by atoms with Crippen LogP contribution in [0.2, 0.25) is 0 Å². The minimum Gasteiger partial charge on any atom is -0.365 e. The Hall–Kier alpha value is -1.04. The molecule has 0 saturated heterocycles. The molecule has 2 unspecified atom stereocenters. The summed E-state index contributed by atoms with van der Waals surface area (Å²) in [5, 5.41) is 10.0. The van der Waals surface area contributed by atoms with E-state index in [-0.39, 0.29) is 12.4 Å². The Kier molecular flexibility index (Phi) is 3.71. The number of benzene rings is 1. The molecule has 2 rings (SSSR count). The molecule has 0 saturated carbocycles. The summed E-state index contributed by atoms with van der Waals surface area (Å²) in [4.78, 5) is 0.339. The molecule has 2 nitrogen and oxygen atoms in total. The number of rotatable bonds is 4. The van der Waals surface area contributed by atoms with Crippen molar-refractivity contribution in [1.82, 2.24) is 0 Å². The fourth-order valence-electron chi connectivity index (χ4n) is 1.57. The molecule has 17 heavy (non-hydrogen) atoms. The van der Waals surface area contributed by atoms with E-state index in [2.05, 4.69) is 0 Å². The lowest BCUT2D eigenvalue weighted by Crippen LogP contribution is -2.17. The van der Waals surface area contributed by atoms with Crippen LogP contribution in [0.3, 0.4) is 0 Å². The Morgan fingerprint density at radius 1 is 1.41 bits per heavy atom. The largest absolute Gasteiger partial charge is 0.365 e. The molecule has 5 heteroatoms. The van der Waals surface area contributed by atoms with Crippen molar-refractivity contribution in [2.24, 2.45) is 0 Å². The number of hydrogen-bond donors (Lipinski definition) is 1. The lowest BCUT2D eigenvalue weighted by atomic mass is 10.2. The topological polar surface area (TPSA) is 29.5 Å². The summed E-state index contributed by atoms with van der Waals surface area (Å²) in [5.74, 6) is -0.359. The van der Waals surface area contributed by atoms with E-state index in [1.54, 1.807) is 13.0 Å². The van der Waals surface area contributed by atoms with Crippen molar-refractivity contribution in [2.45, 2.75) is 19.4 Å². The van der Waals surface area contributed by atoms with Crippen LogP contribution in [0.15, 0.2) is 24.3 Å². The van der Waals surface area contributed by atoms with Gasteiger partial charge in [-0.25, -0.2) is 8.78 Å². The molecule has 0 aliphatic carbocycles. The summed E-state index contributed by atoms with van der Waals surface area (Å²) in [5.41, 5.74) is 0. The Balaban J connectivity index is 2.29. The van der Waals surface area contributed by atoms with E-state index in [4.69, 9.17) is 4.74 Å². The van der Waals surface area contributed by atoms with Gasteiger partial charge in [-0.1, -0.05) is 0 Å². The Labute approximate surface area is 101 Å². The molecule has 1 N–H and O–H groups in total. The number of fused-ring (bicyclic) bond motifs is 1. The first-order valence-electron chi connectivity index (χ1n) is 5.24. The van der Waals surface area contributed by atoms with Crippen LogP contribution in [0.4, 0.5) is 8.78 Å². The van der Waals surface area contributed by atoms with Gasteiger partial charge in [0.15, 0.2) is 12.5 Å². The van der Waals surface area contributed by atoms with E-state index in [9.17, 15) is 13.9 Å². The van der Waals surface area contributed by atoms with Crippen molar-refractivity contribution >= 4 is 21.4 Å². The zero-order valence-electron chi connectivity index (χ0n) is 9.19. The maximum Gasteiger partial charge on any atom is 0.191 e. The molecule has 0 amide bonds. The van der Waals surface area contributed by atoms with Crippen LogP contribution in [0.1, 0.15) is 18.0 Å². The Bertz CT molecular complexity index is 512. The van der Waals surface area contributed by atoms with Gasteiger partial charge in [0.05, 0.1) is 0 Å². The van der Waals surface area contributed by atoms with Crippen molar-refractivity contribution < 1.29 is 18.6 Å². The number of aliphatic hydroxyl groups is 1. The van der Waals surface area contributed by atoms with Gasteiger partial charge in [-0.15, -0.1) is 11.3 Å². The third-order valence-corrected chi connectivity index (χ3v) is 3.53. The van der Waals surface area contributed by atoms with E-state index in [0.717, 1.165) is 4.70 Å². The lowest BCUT2D eigenvalue weighted by Gasteiger charge is -2.13. The summed E-state index contributed by atoms with van der Waals surface area (Å²) in [6.45, 7) is 1.91. The van der Waals surface area contributed by atoms with Crippen molar-refractivity contribution in [3.05, 3.63) is 35.0 Å². The number of hydrogen-bond acceptors (Lipinski definition) is 3. The summed E-state index contributed by atoms with van der Waals surface area (Å²) >= 11 is 1.19. The standard InChI is InChI=1S/C12H12F2O2S/c1-2-16-12(15)11(14)10-6-7-5-8(13)3-4-9(7)17-10/h3-6,11-12,15H,2H2,1H3. The van der Waals surface area contributed by atoms with Crippen molar-refractivity contribution in [2.75, 3.05) is 6.61 Å². The minimum absolute atomic E-state index is 0.237. The second-order valence-corrected chi connectivity index (χ2v) is 4.69. The summed E-state index contributed by atoms with van der Waals surface area (Å²) in [7, 11) is 0. The maximum absolute atomic E-state index is 13.8. The third kappa shape index (κ3) is 2.62. The highest BCUT2D eigenvalue weighted by molar-refractivity contribution is 7.19. The molecule has 0 spiro atoms. The predicted octanol–water partition coefficient (Wildman–Crippen LogP) is 3.41. The fraction of sp³-hybridized carbons (Fsp3) is 0.333. The molecule has 1 aromatic heterocycles. The van der Waals surface area contributed by atoms with E-state index in [1.165, 1.54) is 29.5 Å². The van der Waals surface area contributed by atoms with Gasteiger partial charge in [0.25, 0.3) is 0 Å². The van der Waals surface area contributed by atoms with Crippen molar-refractivity contribution in [1.29, 1.82) is 0 Å².